The van der Waals surface area contributed by atoms with Crippen LogP contribution in [0.4, 0.5) is 17.1 Å². The number of hydrogen-bond donors (Lipinski definition) is 0. The summed E-state index contributed by atoms with van der Waals surface area (Å²) in [5.41, 5.74) is 8.61. The van der Waals surface area contributed by atoms with Crippen LogP contribution < -0.4 is 4.90 Å². The van der Waals surface area contributed by atoms with Crippen LogP contribution in [0.1, 0.15) is 0 Å². The highest BCUT2D eigenvalue weighted by atomic mass is 15.1. The molecule has 188 valence electrons. The Morgan fingerprint density at radius 3 is 1.85 bits per heavy atom. The lowest BCUT2D eigenvalue weighted by Crippen LogP contribution is -2.09. The molecule has 0 N–H and O–H groups in total. The summed E-state index contributed by atoms with van der Waals surface area (Å²) in [5, 5.41) is 4.57. The Morgan fingerprint density at radius 1 is 0.450 bits per heavy atom. The molecule has 4 nitrogen and oxygen atoms in total. The molecule has 0 atom stereocenters. The van der Waals surface area contributed by atoms with Gasteiger partial charge >= 0.3 is 0 Å². The van der Waals surface area contributed by atoms with Crippen molar-refractivity contribution in [2.45, 2.75) is 0 Å². The minimum atomic E-state index is 0.914. The van der Waals surface area contributed by atoms with Crippen LogP contribution >= 0.6 is 0 Å². The molecule has 0 saturated heterocycles. The summed E-state index contributed by atoms with van der Waals surface area (Å²) in [4.78, 5) is 11.7. The predicted molar refractivity (Wildman–Crippen MR) is 166 cm³/mol. The van der Waals surface area contributed by atoms with Gasteiger partial charge in [0.25, 0.3) is 0 Å². The third-order valence-corrected chi connectivity index (χ3v) is 7.62. The maximum Gasteiger partial charge on any atom is 0.0985 e. The first-order valence-corrected chi connectivity index (χ1v) is 13.4. The first-order valence-electron chi connectivity index (χ1n) is 13.4. The molecule has 0 aliphatic carbocycles. The smallest absolute Gasteiger partial charge is 0.0985 e. The van der Waals surface area contributed by atoms with Crippen LogP contribution in [0, 0.1) is 0 Å². The van der Waals surface area contributed by atoms with E-state index in [-0.39, 0.29) is 0 Å². The van der Waals surface area contributed by atoms with Gasteiger partial charge in [-0.3, -0.25) is 9.97 Å². The van der Waals surface area contributed by atoms with Gasteiger partial charge in [-0.05, 0) is 72.8 Å². The molecule has 0 amide bonds. The van der Waals surface area contributed by atoms with E-state index in [0.29, 0.717) is 0 Å². The van der Waals surface area contributed by atoms with Crippen molar-refractivity contribution in [3.05, 3.63) is 146 Å². The molecule has 0 unspecified atom stereocenters. The predicted octanol–water partition coefficient (Wildman–Crippen LogP) is 9.35. The number of rotatable bonds is 4. The fourth-order valence-corrected chi connectivity index (χ4v) is 5.90. The minimum Gasteiger partial charge on any atom is -0.310 e. The van der Waals surface area contributed by atoms with Gasteiger partial charge in [-0.25, -0.2) is 0 Å². The largest absolute Gasteiger partial charge is 0.310 e. The van der Waals surface area contributed by atoms with E-state index >= 15 is 0 Å². The molecular weight excluding hydrogens is 488 g/mol. The van der Waals surface area contributed by atoms with Crippen LogP contribution in [0.3, 0.4) is 0 Å². The number of fused-ring (bicyclic) bond motifs is 6. The quantitative estimate of drug-likeness (QED) is 0.220. The number of benzene rings is 5. The highest BCUT2D eigenvalue weighted by Gasteiger charge is 2.19. The monoisotopic (exact) mass is 512 g/mol. The lowest BCUT2D eigenvalue weighted by molar-refractivity contribution is 1.19. The summed E-state index contributed by atoms with van der Waals surface area (Å²) in [7, 11) is 0. The zero-order valence-electron chi connectivity index (χ0n) is 21.6. The number of nitrogens with zero attached hydrogens (tertiary/aromatic N) is 4. The summed E-state index contributed by atoms with van der Waals surface area (Å²) in [6.07, 6.45) is 3.68. The van der Waals surface area contributed by atoms with E-state index in [1.165, 1.54) is 10.8 Å². The Hall–Kier alpha value is -5.48. The van der Waals surface area contributed by atoms with Crippen LogP contribution in [0.25, 0.3) is 49.3 Å². The van der Waals surface area contributed by atoms with Crippen LogP contribution in [0.5, 0.6) is 0 Å². The van der Waals surface area contributed by atoms with Gasteiger partial charge in [0.1, 0.15) is 0 Å². The summed E-state index contributed by atoms with van der Waals surface area (Å²) >= 11 is 0. The molecule has 3 heterocycles. The van der Waals surface area contributed by atoms with Crippen molar-refractivity contribution in [2.24, 2.45) is 0 Å². The van der Waals surface area contributed by atoms with Crippen LogP contribution in [-0.2, 0) is 0 Å². The molecule has 0 spiro atoms. The average molecular weight is 513 g/mol. The second-order valence-corrected chi connectivity index (χ2v) is 9.93. The molecule has 0 saturated carbocycles. The zero-order valence-corrected chi connectivity index (χ0v) is 21.6. The van der Waals surface area contributed by atoms with E-state index in [1.807, 2.05) is 24.5 Å². The van der Waals surface area contributed by atoms with Gasteiger partial charge in [-0.2, -0.15) is 0 Å². The molecule has 0 fully saturated rings. The van der Waals surface area contributed by atoms with Gasteiger partial charge in [0.2, 0.25) is 0 Å². The number of aromatic nitrogens is 3. The Balaban J connectivity index is 1.43. The van der Waals surface area contributed by atoms with Gasteiger partial charge in [0, 0.05) is 51.0 Å². The lowest BCUT2D eigenvalue weighted by atomic mass is 10.1. The van der Waals surface area contributed by atoms with Gasteiger partial charge in [-0.1, -0.05) is 60.7 Å². The van der Waals surface area contributed by atoms with E-state index in [9.17, 15) is 0 Å². The molecule has 0 radical (unpaired) electrons. The SMILES string of the molecule is c1ccc(N(c2ccccc2)c2ccc3c(c2)c2ccccc2n3-c2cc3cccnc3c3ncccc23)cc1. The topological polar surface area (TPSA) is 34.0 Å². The van der Waals surface area contributed by atoms with Crippen molar-refractivity contribution in [1.82, 2.24) is 14.5 Å². The molecule has 5 aromatic carbocycles. The average Bonchev–Trinajstić information content (AvgIpc) is 3.35. The van der Waals surface area contributed by atoms with Crippen molar-refractivity contribution >= 4 is 60.7 Å². The maximum atomic E-state index is 4.76. The normalized spacial score (nSPS) is 11.5. The van der Waals surface area contributed by atoms with E-state index in [2.05, 4.69) is 136 Å². The Kier molecular flexibility index (Phi) is 5.10. The maximum absolute atomic E-state index is 4.76. The van der Waals surface area contributed by atoms with Crippen LogP contribution in [-0.4, -0.2) is 14.5 Å². The van der Waals surface area contributed by atoms with Gasteiger partial charge < -0.3 is 9.47 Å². The first-order chi connectivity index (χ1) is 19.9. The van der Waals surface area contributed by atoms with Crippen LogP contribution in [0.15, 0.2) is 146 Å². The fraction of sp³-hybridized carbons (Fsp3) is 0. The standard InChI is InChI=1S/C36H24N4/c1-3-12-26(13-4-1)39(27-14-5-2-6-15-27)28-19-20-33-31(24-28)29-16-7-8-18-32(29)40(33)34-23-25-11-9-21-37-35(25)36-30(34)17-10-22-38-36/h1-24H. The molecule has 0 aliphatic heterocycles. The third-order valence-electron chi connectivity index (χ3n) is 7.62. The zero-order chi connectivity index (χ0) is 26.5. The lowest BCUT2D eigenvalue weighted by Gasteiger charge is -2.25. The molecule has 8 aromatic rings. The van der Waals surface area contributed by atoms with Crippen molar-refractivity contribution in [3.8, 4) is 5.69 Å². The number of hydrogen-bond acceptors (Lipinski definition) is 3. The summed E-state index contributed by atoms with van der Waals surface area (Å²) in [6, 6.07) is 47.0. The molecule has 40 heavy (non-hydrogen) atoms. The van der Waals surface area contributed by atoms with Crippen LogP contribution in [0.2, 0.25) is 0 Å². The van der Waals surface area contributed by atoms with Crippen molar-refractivity contribution in [1.29, 1.82) is 0 Å². The number of para-hydroxylation sites is 3. The van der Waals surface area contributed by atoms with Crippen molar-refractivity contribution in [2.75, 3.05) is 4.90 Å². The van der Waals surface area contributed by atoms with Crippen molar-refractivity contribution in [3.63, 3.8) is 0 Å². The fourth-order valence-electron chi connectivity index (χ4n) is 5.90. The van der Waals surface area contributed by atoms with E-state index in [4.69, 9.17) is 4.98 Å². The third kappa shape index (κ3) is 3.47. The van der Waals surface area contributed by atoms with Gasteiger partial charge in [0.05, 0.1) is 27.8 Å². The van der Waals surface area contributed by atoms with Gasteiger partial charge in [0.15, 0.2) is 0 Å². The first kappa shape index (κ1) is 22.5. The Labute approximate surface area is 231 Å². The molecule has 0 aliphatic rings. The van der Waals surface area contributed by atoms with E-state index < -0.39 is 0 Å². The minimum absolute atomic E-state index is 0.914. The summed E-state index contributed by atoms with van der Waals surface area (Å²) in [6.45, 7) is 0. The van der Waals surface area contributed by atoms with Crippen molar-refractivity contribution < 1.29 is 0 Å². The molecule has 3 aromatic heterocycles. The Bertz CT molecular complexity index is 2130. The Morgan fingerprint density at radius 2 is 1.07 bits per heavy atom. The molecular formula is C36H24N4. The second kappa shape index (κ2) is 9.07. The molecule has 4 heteroatoms. The van der Waals surface area contributed by atoms with Gasteiger partial charge in [-0.15, -0.1) is 0 Å². The summed E-state index contributed by atoms with van der Waals surface area (Å²) in [5.74, 6) is 0. The number of anilines is 3. The highest BCUT2D eigenvalue weighted by molar-refractivity contribution is 6.14. The molecule has 8 rings (SSSR count). The van der Waals surface area contributed by atoms with E-state index in [0.717, 1.165) is 55.6 Å². The van der Waals surface area contributed by atoms with E-state index in [1.54, 1.807) is 0 Å². The number of pyridine rings is 2. The molecule has 0 bridgehead atoms. The second-order valence-electron chi connectivity index (χ2n) is 9.93. The highest BCUT2D eigenvalue weighted by Crippen LogP contribution is 2.40. The summed E-state index contributed by atoms with van der Waals surface area (Å²) < 4.78 is 2.38.